The molecule has 0 spiro atoms. The molecule has 1 aliphatic carbocycles. The predicted molar refractivity (Wildman–Crippen MR) is 105 cm³/mol. The van der Waals surface area contributed by atoms with Crippen molar-refractivity contribution < 1.29 is 45.7 Å². The Labute approximate surface area is 191 Å². The maximum atomic E-state index is 12.9. The van der Waals surface area contributed by atoms with Crippen LogP contribution >= 0.6 is 0 Å². The molecule has 2 aromatic rings. The molecule has 186 valence electrons. The topological polar surface area (TPSA) is 105 Å². The molecule has 1 aromatic carbocycles. The summed E-state index contributed by atoms with van der Waals surface area (Å²) in [6.07, 6.45) is -6.12. The normalized spacial score (nSPS) is 27.1. The van der Waals surface area contributed by atoms with Crippen molar-refractivity contribution in [1.82, 2.24) is 15.5 Å². The van der Waals surface area contributed by atoms with Gasteiger partial charge in [-0.2, -0.15) is 0 Å². The van der Waals surface area contributed by atoms with Crippen molar-refractivity contribution in [3.05, 3.63) is 41.9 Å². The summed E-state index contributed by atoms with van der Waals surface area (Å²) in [6, 6.07) is 4.94. The molecule has 4 rings (SSSR count). The number of amides is 1. The third-order valence-electron chi connectivity index (χ3n) is 5.63. The molecule has 2 aliphatic rings. The van der Waals surface area contributed by atoms with E-state index in [0.29, 0.717) is 12.2 Å². The minimum absolute atomic E-state index is 0.133. The zero-order chi connectivity index (χ0) is 24.3. The Hall–Kier alpha value is -2.77. The number of alkyl halides is 3. The summed E-state index contributed by atoms with van der Waals surface area (Å²) in [5, 5.41) is 10.7. The summed E-state index contributed by atoms with van der Waals surface area (Å²) in [5.74, 6) is -0.355. The lowest BCUT2D eigenvalue weighted by Gasteiger charge is -2.34. The summed E-state index contributed by atoms with van der Waals surface area (Å²) >= 11 is 0. The first-order valence-corrected chi connectivity index (χ1v) is 10.6. The van der Waals surface area contributed by atoms with Crippen LogP contribution in [0.4, 0.5) is 17.6 Å². The number of aromatic nitrogens is 2. The van der Waals surface area contributed by atoms with Crippen molar-refractivity contribution in [2.45, 2.75) is 55.9 Å². The molecule has 1 aromatic heterocycles. The van der Waals surface area contributed by atoms with Gasteiger partial charge >= 0.3 is 6.36 Å². The second-order valence-corrected chi connectivity index (χ2v) is 8.10. The van der Waals surface area contributed by atoms with Crippen LogP contribution in [-0.4, -0.2) is 61.0 Å². The molecule has 1 saturated carbocycles. The van der Waals surface area contributed by atoms with Crippen LogP contribution in [0, 0.1) is 5.82 Å². The highest BCUT2D eigenvalue weighted by Gasteiger charge is 2.43. The van der Waals surface area contributed by atoms with Gasteiger partial charge in [-0.1, -0.05) is 0 Å². The van der Waals surface area contributed by atoms with Gasteiger partial charge in [-0.25, -0.2) is 4.39 Å². The molecule has 0 radical (unpaired) electrons. The van der Waals surface area contributed by atoms with Crippen LogP contribution in [0.2, 0.25) is 0 Å². The minimum Gasteiger partial charge on any atom is -0.484 e. The number of rotatable bonds is 8. The van der Waals surface area contributed by atoms with Crippen LogP contribution in [0.15, 0.2) is 28.7 Å². The SMILES string of the molecule is CO[C@@H]1C[C@@H](NC(=O)COc2ccc(F)cc2)CO[C@@H]1c1nnc(C2CC(OC(F)(F)F)C2)o1. The minimum atomic E-state index is -4.67. The molecule has 34 heavy (non-hydrogen) atoms. The van der Waals surface area contributed by atoms with Crippen molar-refractivity contribution in [1.29, 1.82) is 0 Å². The number of carbonyl (C=O) groups is 1. The summed E-state index contributed by atoms with van der Waals surface area (Å²) in [4.78, 5) is 12.2. The first-order valence-electron chi connectivity index (χ1n) is 10.6. The van der Waals surface area contributed by atoms with Crippen molar-refractivity contribution in [3.8, 4) is 5.75 Å². The highest BCUT2D eigenvalue weighted by Crippen LogP contribution is 2.41. The Kier molecular flexibility index (Phi) is 7.33. The molecule has 1 N–H and O–H groups in total. The highest BCUT2D eigenvalue weighted by molar-refractivity contribution is 5.77. The largest absolute Gasteiger partial charge is 0.522 e. The zero-order valence-electron chi connectivity index (χ0n) is 18.1. The van der Waals surface area contributed by atoms with Gasteiger partial charge in [-0.3, -0.25) is 9.53 Å². The van der Waals surface area contributed by atoms with E-state index >= 15 is 0 Å². The first kappa shape index (κ1) is 24.4. The lowest BCUT2D eigenvalue weighted by atomic mass is 9.82. The Bertz CT molecular complexity index is 964. The number of halogens is 4. The number of carbonyl (C=O) groups excluding carboxylic acids is 1. The van der Waals surface area contributed by atoms with Crippen LogP contribution in [0.1, 0.15) is 43.1 Å². The number of hydrogen-bond acceptors (Lipinski definition) is 8. The summed E-state index contributed by atoms with van der Waals surface area (Å²) < 4.78 is 76.0. The van der Waals surface area contributed by atoms with Gasteiger partial charge in [0.2, 0.25) is 11.8 Å². The van der Waals surface area contributed by atoms with E-state index in [-0.39, 0.29) is 55.7 Å². The number of hydrogen-bond donors (Lipinski definition) is 1. The van der Waals surface area contributed by atoms with E-state index in [1.165, 1.54) is 31.4 Å². The Morgan fingerprint density at radius 3 is 2.53 bits per heavy atom. The van der Waals surface area contributed by atoms with Gasteiger partial charge in [-0.05, 0) is 43.5 Å². The number of nitrogens with zero attached hydrogens (tertiary/aromatic N) is 2. The van der Waals surface area contributed by atoms with Gasteiger partial charge in [0.05, 0.1) is 24.9 Å². The summed E-state index contributed by atoms with van der Waals surface area (Å²) in [7, 11) is 1.48. The fraction of sp³-hybridized carbons (Fsp3) is 0.571. The van der Waals surface area contributed by atoms with Gasteiger partial charge in [0.25, 0.3) is 5.91 Å². The Balaban J connectivity index is 1.25. The Morgan fingerprint density at radius 2 is 1.85 bits per heavy atom. The highest BCUT2D eigenvalue weighted by atomic mass is 19.4. The molecular weight excluding hydrogens is 466 g/mol. The molecule has 3 atom stereocenters. The molecular formula is C21H23F4N3O6. The van der Waals surface area contributed by atoms with Crippen molar-refractivity contribution in [2.24, 2.45) is 0 Å². The van der Waals surface area contributed by atoms with Crippen molar-refractivity contribution >= 4 is 5.91 Å². The van der Waals surface area contributed by atoms with Gasteiger partial charge in [-0.15, -0.1) is 23.4 Å². The average Bonchev–Trinajstić information content (AvgIpc) is 3.24. The third-order valence-corrected chi connectivity index (χ3v) is 5.63. The second kappa shape index (κ2) is 10.2. The predicted octanol–water partition coefficient (Wildman–Crippen LogP) is 3.03. The van der Waals surface area contributed by atoms with Crippen molar-refractivity contribution in [3.63, 3.8) is 0 Å². The fourth-order valence-corrected chi connectivity index (χ4v) is 3.88. The van der Waals surface area contributed by atoms with Crippen LogP contribution in [0.25, 0.3) is 0 Å². The molecule has 2 fully saturated rings. The van der Waals surface area contributed by atoms with Gasteiger partial charge < -0.3 is 23.9 Å². The van der Waals surface area contributed by atoms with E-state index < -0.39 is 30.5 Å². The van der Waals surface area contributed by atoms with Gasteiger partial charge in [0.15, 0.2) is 12.7 Å². The van der Waals surface area contributed by atoms with E-state index in [9.17, 15) is 22.4 Å². The monoisotopic (exact) mass is 489 g/mol. The standard InChI is InChI=1S/C21H23F4N3O6/c1-30-16-8-13(26-17(29)10-31-14-4-2-12(22)3-5-14)9-32-18(16)20-28-27-19(33-20)11-6-15(7-11)34-21(23,24)25/h2-5,11,13,15-16,18H,6-10H2,1H3,(H,26,29)/t11?,13-,15?,16-,18+/m1/s1. The molecule has 13 heteroatoms. The van der Waals surface area contributed by atoms with Crippen LogP contribution < -0.4 is 10.1 Å². The molecule has 0 bridgehead atoms. The van der Waals surface area contributed by atoms with Crippen LogP contribution in [-0.2, 0) is 19.0 Å². The maximum absolute atomic E-state index is 12.9. The fourth-order valence-electron chi connectivity index (χ4n) is 3.88. The van der Waals surface area contributed by atoms with E-state index in [1.54, 1.807) is 0 Å². The number of nitrogens with one attached hydrogen (secondary N) is 1. The molecule has 1 saturated heterocycles. The maximum Gasteiger partial charge on any atom is 0.522 e. The molecule has 0 unspecified atom stereocenters. The molecule has 1 aliphatic heterocycles. The third kappa shape index (κ3) is 6.21. The van der Waals surface area contributed by atoms with Crippen molar-refractivity contribution in [2.75, 3.05) is 20.3 Å². The van der Waals surface area contributed by atoms with E-state index in [0.717, 1.165) is 0 Å². The number of benzene rings is 1. The summed E-state index contributed by atoms with van der Waals surface area (Å²) in [6.45, 7) is -0.105. The Morgan fingerprint density at radius 1 is 1.15 bits per heavy atom. The lowest BCUT2D eigenvalue weighted by molar-refractivity contribution is -0.352. The van der Waals surface area contributed by atoms with Gasteiger partial charge in [0, 0.05) is 13.0 Å². The van der Waals surface area contributed by atoms with Crippen LogP contribution in [0.3, 0.4) is 0 Å². The molecule has 2 heterocycles. The smallest absolute Gasteiger partial charge is 0.484 e. The summed E-state index contributed by atoms with van der Waals surface area (Å²) in [5.41, 5.74) is 0. The first-order chi connectivity index (χ1) is 16.2. The quantitative estimate of drug-likeness (QED) is 0.565. The zero-order valence-corrected chi connectivity index (χ0v) is 18.1. The van der Waals surface area contributed by atoms with E-state index in [1.807, 2.05) is 0 Å². The lowest BCUT2D eigenvalue weighted by Crippen LogP contribution is -2.48. The average molecular weight is 489 g/mol. The molecule has 1 amide bonds. The molecule has 9 nitrogen and oxygen atoms in total. The number of methoxy groups -OCH3 is 1. The number of ether oxygens (including phenoxy) is 4. The second-order valence-electron chi connectivity index (χ2n) is 8.10. The van der Waals surface area contributed by atoms with Gasteiger partial charge in [0.1, 0.15) is 11.6 Å². The van der Waals surface area contributed by atoms with E-state index in [2.05, 4.69) is 20.3 Å². The van der Waals surface area contributed by atoms with Crippen LogP contribution in [0.5, 0.6) is 5.75 Å². The van der Waals surface area contributed by atoms with E-state index in [4.69, 9.17) is 18.6 Å².